The van der Waals surface area contributed by atoms with Crippen molar-refractivity contribution in [2.24, 2.45) is 0 Å². The van der Waals surface area contributed by atoms with Gasteiger partial charge in [0.05, 0.1) is 4.34 Å². The number of sulfonamides is 1. The van der Waals surface area contributed by atoms with Gasteiger partial charge in [0.15, 0.2) is 0 Å². The van der Waals surface area contributed by atoms with Crippen molar-refractivity contribution in [3.05, 3.63) is 38.9 Å². The lowest BCUT2D eigenvalue weighted by atomic mass is 9.79. The number of hydrogen-bond donors (Lipinski definition) is 1. The summed E-state index contributed by atoms with van der Waals surface area (Å²) < 4.78 is 33.8. The molecule has 0 aromatic carbocycles. The van der Waals surface area contributed by atoms with Crippen molar-refractivity contribution >= 4 is 44.3 Å². The lowest BCUT2D eigenvalue weighted by Gasteiger charge is -2.36. The van der Waals surface area contributed by atoms with Gasteiger partial charge in [0.2, 0.25) is 10.0 Å². The summed E-state index contributed by atoms with van der Waals surface area (Å²) in [4.78, 5) is 1.21. The zero-order valence-corrected chi connectivity index (χ0v) is 15.0. The molecule has 120 valence electrons. The normalized spacial score (nSPS) is 18.4. The van der Waals surface area contributed by atoms with Gasteiger partial charge < -0.3 is 4.74 Å². The second kappa shape index (κ2) is 6.59. The van der Waals surface area contributed by atoms with Gasteiger partial charge in [-0.15, -0.1) is 22.7 Å². The number of rotatable bonds is 5. The largest absolute Gasteiger partial charge is 0.381 e. The average Bonchev–Trinajstić information content (AvgIpc) is 3.18. The van der Waals surface area contributed by atoms with Gasteiger partial charge in [0.1, 0.15) is 4.21 Å². The summed E-state index contributed by atoms with van der Waals surface area (Å²) >= 11 is 8.58. The maximum atomic E-state index is 12.4. The molecule has 0 saturated carbocycles. The van der Waals surface area contributed by atoms with Crippen molar-refractivity contribution in [2.75, 3.05) is 19.8 Å². The van der Waals surface area contributed by atoms with Crippen molar-refractivity contribution in [1.82, 2.24) is 4.72 Å². The SMILES string of the molecule is O=S(=O)(NCC1(c2cccs2)CCOCC1)c1ccc(Cl)s1. The first-order valence-electron chi connectivity index (χ1n) is 6.89. The Morgan fingerprint density at radius 3 is 2.64 bits per heavy atom. The fourth-order valence-electron chi connectivity index (χ4n) is 2.60. The quantitative estimate of drug-likeness (QED) is 0.867. The van der Waals surface area contributed by atoms with Crippen LogP contribution in [0.5, 0.6) is 0 Å². The monoisotopic (exact) mass is 377 g/mol. The molecule has 0 radical (unpaired) electrons. The molecule has 2 aromatic rings. The number of ether oxygens (including phenoxy) is 1. The van der Waals surface area contributed by atoms with E-state index in [0.717, 1.165) is 24.2 Å². The molecule has 22 heavy (non-hydrogen) atoms. The van der Waals surface area contributed by atoms with Crippen LogP contribution in [0.3, 0.4) is 0 Å². The Kier molecular flexibility index (Phi) is 4.92. The van der Waals surface area contributed by atoms with Crippen molar-refractivity contribution in [2.45, 2.75) is 22.5 Å². The maximum Gasteiger partial charge on any atom is 0.250 e. The molecule has 0 amide bonds. The molecule has 0 bridgehead atoms. The summed E-state index contributed by atoms with van der Waals surface area (Å²) in [6, 6.07) is 7.22. The Morgan fingerprint density at radius 2 is 2.05 bits per heavy atom. The fourth-order valence-corrected chi connectivity index (χ4v) is 6.24. The average molecular weight is 378 g/mol. The smallest absolute Gasteiger partial charge is 0.250 e. The summed E-state index contributed by atoms with van der Waals surface area (Å²) in [7, 11) is -3.52. The zero-order chi connectivity index (χ0) is 15.6. The van der Waals surface area contributed by atoms with Crippen LogP contribution < -0.4 is 4.72 Å². The zero-order valence-electron chi connectivity index (χ0n) is 11.7. The minimum absolute atomic E-state index is 0.180. The summed E-state index contributed by atoms with van der Waals surface area (Å²) in [6.45, 7) is 1.70. The third kappa shape index (κ3) is 3.39. The van der Waals surface area contributed by atoms with Crippen molar-refractivity contribution in [1.29, 1.82) is 0 Å². The Labute approximate surface area is 143 Å². The lowest BCUT2D eigenvalue weighted by Crippen LogP contribution is -2.43. The van der Waals surface area contributed by atoms with E-state index in [1.807, 2.05) is 11.4 Å². The Hall–Kier alpha value is -0.440. The van der Waals surface area contributed by atoms with E-state index in [-0.39, 0.29) is 9.62 Å². The van der Waals surface area contributed by atoms with E-state index in [0.29, 0.717) is 24.1 Å². The van der Waals surface area contributed by atoms with Crippen LogP contribution in [0.1, 0.15) is 17.7 Å². The van der Waals surface area contributed by atoms with E-state index < -0.39 is 10.0 Å². The highest BCUT2D eigenvalue weighted by atomic mass is 35.5. The Morgan fingerprint density at radius 1 is 1.27 bits per heavy atom. The van der Waals surface area contributed by atoms with Crippen LogP contribution in [0.4, 0.5) is 0 Å². The molecular formula is C14H16ClNO3S3. The number of halogens is 1. The second-order valence-corrected chi connectivity index (χ2v) is 9.91. The summed E-state index contributed by atoms with van der Waals surface area (Å²) in [5.74, 6) is 0. The first kappa shape index (κ1) is 16.4. The Balaban J connectivity index is 1.80. The predicted molar refractivity (Wildman–Crippen MR) is 90.6 cm³/mol. The van der Waals surface area contributed by atoms with Crippen LogP contribution in [0, 0.1) is 0 Å². The van der Waals surface area contributed by atoms with Crippen molar-refractivity contribution in [3.63, 3.8) is 0 Å². The van der Waals surface area contributed by atoms with E-state index in [1.165, 1.54) is 10.9 Å². The molecule has 3 heterocycles. The first-order valence-corrected chi connectivity index (χ1v) is 10.4. The molecule has 0 aliphatic carbocycles. The topological polar surface area (TPSA) is 55.4 Å². The van der Waals surface area contributed by atoms with Crippen LogP contribution in [0.2, 0.25) is 4.34 Å². The maximum absolute atomic E-state index is 12.4. The van der Waals surface area contributed by atoms with E-state index in [1.54, 1.807) is 17.4 Å². The van der Waals surface area contributed by atoms with Crippen LogP contribution >= 0.6 is 34.3 Å². The van der Waals surface area contributed by atoms with Crippen LogP contribution in [-0.2, 0) is 20.2 Å². The number of thiophene rings is 2. The lowest BCUT2D eigenvalue weighted by molar-refractivity contribution is 0.0529. The molecule has 1 aliphatic heterocycles. The molecular weight excluding hydrogens is 362 g/mol. The van der Waals surface area contributed by atoms with Crippen molar-refractivity contribution in [3.8, 4) is 0 Å². The third-order valence-electron chi connectivity index (χ3n) is 3.91. The molecule has 1 N–H and O–H groups in total. The van der Waals surface area contributed by atoms with E-state index >= 15 is 0 Å². The molecule has 1 fully saturated rings. The molecule has 1 saturated heterocycles. The van der Waals surface area contributed by atoms with E-state index in [9.17, 15) is 8.42 Å². The van der Waals surface area contributed by atoms with Gasteiger partial charge in [-0.3, -0.25) is 0 Å². The predicted octanol–water partition coefficient (Wildman–Crippen LogP) is 3.49. The molecule has 8 heteroatoms. The number of hydrogen-bond acceptors (Lipinski definition) is 5. The minimum atomic E-state index is -3.52. The standard InChI is InChI=1S/C14H16ClNO3S3/c15-12-3-4-13(21-12)22(17,18)16-10-14(5-7-19-8-6-14)11-2-1-9-20-11/h1-4,9,16H,5-8,10H2. The second-order valence-electron chi connectivity index (χ2n) is 5.25. The molecule has 4 nitrogen and oxygen atoms in total. The molecule has 0 spiro atoms. The molecule has 0 atom stereocenters. The molecule has 1 aliphatic rings. The molecule has 3 rings (SSSR count). The van der Waals surface area contributed by atoms with Gasteiger partial charge in [-0.05, 0) is 36.4 Å². The van der Waals surface area contributed by atoms with Gasteiger partial charge in [-0.25, -0.2) is 13.1 Å². The van der Waals surface area contributed by atoms with Gasteiger partial charge in [-0.2, -0.15) is 0 Å². The van der Waals surface area contributed by atoms with Gasteiger partial charge in [0.25, 0.3) is 0 Å². The highest BCUT2D eigenvalue weighted by Crippen LogP contribution is 2.37. The van der Waals surface area contributed by atoms with Gasteiger partial charge in [0, 0.05) is 30.1 Å². The van der Waals surface area contributed by atoms with Crippen molar-refractivity contribution < 1.29 is 13.2 Å². The van der Waals surface area contributed by atoms with Crippen LogP contribution in [0.15, 0.2) is 33.9 Å². The first-order chi connectivity index (χ1) is 10.5. The molecule has 2 aromatic heterocycles. The van der Waals surface area contributed by atoms with Gasteiger partial charge in [-0.1, -0.05) is 17.7 Å². The third-order valence-corrected chi connectivity index (χ3v) is 8.15. The fraction of sp³-hybridized carbons (Fsp3) is 0.429. The highest BCUT2D eigenvalue weighted by molar-refractivity contribution is 7.91. The van der Waals surface area contributed by atoms with Crippen LogP contribution in [-0.4, -0.2) is 28.2 Å². The van der Waals surface area contributed by atoms with E-state index in [2.05, 4.69) is 10.8 Å². The highest BCUT2D eigenvalue weighted by Gasteiger charge is 2.36. The molecule has 0 unspecified atom stereocenters. The minimum Gasteiger partial charge on any atom is -0.381 e. The summed E-state index contributed by atoms with van der Waals surface area (Å²) in [5, 5.41) is 2.03. The Bertz CT molecular complexity index is 718. The summed E-state index contributed by atoms with van der Waals surface area (Å²) in [6.07, 6.45) is 1.64. The number of nitrogens with one attached hydrogen (secondary N) is 1. The van der Waals surface area contributed by atoms with Gasteiger partial charge >= 0.3 is 0 Å². The van der Waals surface area contributed by atoms with Crippen LogP contribution in [0.25, 0.3) is 0 Å². The van der Waals surface area contributed by atoms with E-state index in [4.69, 9.17) is 16.3 Å². The summed E-state index contributed by atoms with van der Waals surface area (Å²) in [5.41, 5.74) is -0.180.